The molecule has 1 aliphatic rings. The largest absolute Gasteiger partial charge is 0.293 e. The topological polar surface area (TPSA) is 35.5 Å². The Morgan fingerprint density at radius 3 is 1.64 bits per heavy atom. The molecule has 0 bridgehead atoms. The number of hydrogen-bond acceptors (Lipinski definition) is 3. The SMILES string of the molecule is CC(C)(C)C1(C(C)(C)C)OOCC1=O. The van der Waals surface area contributed by atoms with Gasteiger partial charge in [0.05, 0.1) is 0 Å². The summed E-state index contributed by atoms with van der Waals surface area (Å²) in [6, 6.07) is 0. The molecule has 0 radical (unpaired) electrons. The maximum Gasteiger partial charge on any atom is 0.197 e. The zero-order valence-corrected chi connectivity index (χ0v) is 9.93. The van der Waals surface area contributed by atoms with Gasteiger partial charge in [-0.1, -0.05) is 41.5 Å². The van der Waals surface area contributed by atoms with Gasteiger partial charge in [0.25, 0.3) is 0 Å². The Labute approximate surface area is 85.7 Å². The molecule has 3 heteroatoms. The lowest BCUT2D eigenvalue weighted by Gasteiger charge is -2.46. The van der Waals surface area contributed by atoms with Crippen molar-refractivity contribution in [1.29, 1.82) is 0 Å². The van der Waals surface area contributed by atoms with Gasteiger partial charge in [0, 0.05) is 10.8 Å². The first-order valence-electron chi connectivity index (χ1n) is 4.97. The van der Waals surface area contributed by atoms with Gasteiger partial charge in [-0.2, -0.15) is 0 Å². The Balaban J connectivity index is 3.23. The summed E-state index contributed by atoms with van der Waals surface area (Å²) in [5, 5.41) is 0. The highest BCUT2D eigenvalue weighted by Crippen LogP contribution is 2.49. The number of Topliss-reactive ketones (excluding diaryl/α,β-unsaturated/α-hetero) is 1. The van der Waals surface area contributed by atoms with Crippen LogP contribution < -0.4 is 0 Å². The number of ketones is 1. The molecule has 82 valence electrons. The Bertz CT molecular complexity index is 228. The predicted molar refractivity (Wildman–Crippen MR) is 53.7 cm³/mol. The summed E-state index contributed by atoms with van der Waals surface area (Å²) >= 11 is 0. The fourth-order valence-corrected chi connectivity index (χ4v) is 2.53. The van der Waals surface area contributed by atoms with Crippen LogP contribution >= 0.6 is 0 Å². The zero-order chi connectivity index (χ0) is 11.2. The van der Waals surface area contributed by atoms with Crippen molar-refractivity contribution in [2.24, 2.45) is 10.8 Å². The van der Waals surface area contributed by atoms with Crippen molar-refractivity contribution < 1.29 is 14.6 Å². The molecule has 0 spiro atoms. The van der Waals surface area contributed by atoms with Crippen LogP contribution in [0, 0.1) is 10.8 Å². The van der Waals surface area contributed by atoms with Gasteiger partial charge in [-0.3, -0.25) is 4.79 Å². The third-order valence-electron chi connectivity index (χ3n) is 2.88. The summed E-state index contributed by atoms with van der Waals surface area (Å²) in [6.45, 7) is 12.1. The molecule has 1 saturated heterocycles. The molecule has 3 nitrogen and oxygen atoms in total. The maximum absolute atomic E-state index is 11.9. The maximum atomic E-state index is 11.9. The zero-order valence-electron chi connectivity index (χ0n) is 9.93. The average Bonchev–Trinajstić information content (AvgIpc) is 2.27. The molecule has 14 heavy (non-hydrogen) atoms. The van der Waals surface area contributed by atoms with Crippen molar-refractivity contribution in [3.63, 3.8) is 0 Å². The Morgan fingerprint density at radius 2 is 1.50 bits per heavy atom. The standard InChI is InChI=1S/C11H20O3/c1-9(2,3)11(10(4,5)6)8(12)7-13-14-11/h7H2,1-6H3. The van der Waals surface area contributed by atoms with E-state index in [4.69, 9.17) is 9.78 Å². The lowest BCUT2D eigenvalue weighted by molar-refractivity contribution is -0.349. The van der Waals surface area contributed by atoms with E-state index in [-0.39, 0.29) is 23.2 Å². The number of rotatable bonds is 0. The molecule has 0 unspecified atom stereocenters. The van der Waals surface area contributed by atoms with Crippen molar-refractivity contribution in [2.75, 3.05) is 6.61 Å². The van der Waals surface area contributed by atoms with Crippen LogP contribution in [0.15, 0.2) is 0 Å². The van der Waals surface area contributed by atoms with Gasteiger partial charge >= 0.3 is 0 Å². The number of hydrogen-bond donors (Lipinski definition) is 0. The van der Waals surface area contributed by atoms with Crippen molar-refractivity contribution in [3.05, 3.63) is 0 Å². The van der Waals surface area contributed by atoms with Gasteiger partial charge in [-0.25, -0.2) is 9.78 Å². The molecule has 0 N–H and O–H groups in total. The minimum absolute atomic E-state index is 0.0394. The number of carbonyl (C=O) groups excluding carboxylic acids is 1. The summed E-state index contributed by atoms with van der Waals surface area (Å²) in [5.41, 5.74) is -1.36. The number of carbonyl (C=O) groups is 1. The molecule has 1 fully saturated rings. The van der Waals surface area contributed by atoms with Crippen LogP contribution in [-0.2, 0) is 14.6 Å². The van der Waals surface area contributed by atoms with Crippen LogP contribution in [0.5, 0.6) is 0 Å². The molecule has 0 aromatic rings. The fraction of sp³-hybridized carbons (Fsp3) is 0.909. The second-order valence-corrected chi connectivity index (χ2v) is 5.95. The molecule has 0 amide bonds. The van der Waals surface area contributed by atoms with E-state index in [1.54, 1.807) is 0 Å². The molecular formula is C11H20O3. The average molecular weight is 200 g/mol. The summed E-state index contributed by atoms with van der Waals surface area (Å²) in [4.78, 5) is 22.1. The van der Waals surface area contributed by atoms with Gasteiger partial charge in [0.15, 0.2) is 11.4 Å². The highest BCUT2D eigenvalue weighted by atomic mass is 17.2. The second-order valence-electron chi connectivity index (χ2n) is 5.95. The molecule has 0 aliphatic carbocycles. The van der Waals surface area contributed by atoms with Crippen LogP contribution in [0.25, 0.3) is 0 Å². The molecule has 0 aromatic carbocycles. The highest BCUT2D eigenvalue weighted by molar-refractivity contribution is 5.91. The van der Waals surface area contributed by atoms with Crippen LogP contribution in [-0.4, -0.2) is 18.0 Å². The van der Waals surface area contributed by atoms with Crippen LogP contribution in [0.2, 0.25) is 0 Å². The smallest absolute Gasteiger partial charge is 0.197 e. The summed E-state index contributed by atoms with van der Waals surface area (Å²) in [5.74, 6) is 0.0394. The van der Waals surface area contributed by atoms with E-state index >= 15 is 0 Å². The minimum atomic E-state index is -0.833. The summed E-state index contributed by atoms with van der Waals surface area (Å²) < 4.78 is 0. The Hall–Kier alpha value is -0.410. The van der Waals surface area contributed by atoms with Crippen molar-refractivity contribution in [3.8, 4) is 0 Å². The first-order valence-corrected chi connectivity index (χ1v) is 4.97. The molecule has 0 atom stereocenters. The Kier molecular flexibility index (Phi) is 2.53. The third kappa shape index (κ3) is 1.39. The van der Waals surface area contributed by atoms with E-state index in [1.165, 1.54) is 0 Å². The lowest BCUT2D eigenvalue weighted by Crippen LogP contribution is -2.57. The van der Waals surface area contributed by atoms with E-state index in [9.17, 15) is 4.79 Å². The van der Waals surface area contributed by atoms with Gasteiger partial charge in [-0.05, 0) is 0 Å². The first-order chi connectivity index (χ1) is 6.13. The van der Waals surface area contributed by atoms with E-state index in [1.807, 2.05) is 41.5 Å². The third-order valence-corrected chi connectivity index (χ3v) is 2.88. The van der Waals surface area contributed by atoms with E-state index in [0.717, 1.165) is 0 Å². The molecule has 0 aromatic heterocycles. The van der Waals surface area contributed by atoms with Crippen molar-refractivity contribution >= 4 is 5.78 Å². The van der Waals surface area contributed by atoms with Gasteiger partial charge in [0.1, 0.15) is 6.61 Å². The van der Waals surface area contributed by atoms with Gasteiger partial charge in [0.2, 0.25) is 0 Å². The normalized spacial score (nSPS) is 22.9. The molecule has 0 saturated carbocycles. The summed E-state index contributed by atoms with van der Waals surface area (Å²) in [7, 11) is 0. The predicted octanol–water partition coefficient (Wildman–Crippen LogP) is 2.35. The van der Waals surface area contributed by atoms with Gasteiger partial charge in [-0.15, -0.1) is 0 Å². The fourth-order valence-electron chi connectivity index (χ4n) is 2.53. The lowest BCUT2D eigenvalue weighted by atomic mass is 9.61. The second kappa shape index (κ2) is 3.04. The monoisotopic (exact) mass is 200 g/mol. The van der Waals surface area contributed by atoms with E-state index in [0.29, 0.717) is 0 Å². The molecule has 1 heterocycles. The minimum Gasteiger partial charge on any atom is -0.293 e. The van der Waals surface area contributed by atoms with Crippen LogP contribution in [0.1, 0.15) is 41.5 Å². The Morgan fingerprint density at radius 1 is 1.07 bits per heavy atom. The van der Waals surface area contributed by atoms with E-state index < -0.39 is 5.60 Å². The molecule has 1 aliphatic heterocycles. The van der Waals surface area contributed by atoms with Crippen LogP contribution in [0.4, 0.5) is 0 Å². The molecule has 1 rings (SSSR count). The van der Waals surface area contributed by atoms with Crippen LogP contribution in [0.3, 0.4) is 0 Å². The van der Waals surface area contributed by atoms with E-state index in [2.05, 4.69) is 0 Å². The highest BCUT2D eigenvalue weighted by Gasteiger charge is 2.61. The summed E-state index contributed by atoms with van der Waals surface area (Å²) in [6.07, 6.45) is 0. The first kappa shape index (κ1) is 11.7. The van der Waals surface area contributed by atoms with Crippen molar-refractivity contribution in [1.82, 2.24) is 0 Å². The quantitative estimate of drug-likeness (QED) is 0.563. The molecular weight excluding hydrogens is 180 g/mol. The van der Waals surface area contributed by atoms with Gasteiger partial charge < -0.3 is 0 Å². The van der Waals surface area contributed by atoms with Crippen molar-refractivity contribution in [2.45, 2.75) is 47.1 Å².